The van der Waals surface area contributed by atoms with Gasteiger partial charge in [-0.25, -0.2) is 8.42 Å². The van der Waals surface area contributed by atoms with E-state index in [1.54, 1.807) is 0 Å². The van der Waals surface area contributed by atoms with Crippen molar-refractivity contribution in [2.24, 2.45) is 4.99 Å². The molecule has 2 N–H and O–H groups in total. The second-order valence-corrected chi connectivity index (χ2v) is 8.35. The first kappa shape index (κ1) is 25.0. The van der Waals surface area contributed by atoms with Gasteiger partial charge in [0.2, 0.25) is 0 Å². The van der Waals surface area contributed by atoms with E-state index in [1.165, 1.54) is 6.26 Å². The number of nitrogens with zero attached hydrogens (tertiary/aromatic N) is 1. The van der Waals surface area contributed by atoms with Crippen molar-refractivity contribution in [3.05, 3.63) is 30.3 Å². The number of hydrogen-bond donors (Lipinski definition) is 2. The molecule has 0 amide bonds. The van der Waals surface area contributed by atoms with Crippen molar-refractivity contribution in [3.63, 3.8) is 0 Å². The van der Waals surface area contributed by atoms with Gasteiger partial charge in [0, 0.05) is 25.4 Å². The van der Waals surface area contributed by atoms with Crippen LogP contribution in [0.2, 0.25) is 0 Å². The van der Waals surface area contributed by atoms with Crippen LogP contribution in [0.1, 0.15) is 33.1 Å². The minimum atomic E-state index is -2.93. The van der Waals surface area contributed by atoms with E-state index in [2.05, 4.69) is 15.6 Å². The Morgan fingerprint density at radius 2 is 1.92 bits per heavy atom. The van der Waals surface area contributed by atoms with Gasteiger partial charge in [0.15, 0.2) is 5.96 Å². The molecule has 0 aromatic heterocycles. The smallest absolute Gasteiger partial charge is 0.191 e. The van der Waals surface area contributed by atoms with Crippen molar-refractivity contribution in [1.82, 2.24) is 10.6 Å². The van der Waals surface area contributed by atoms with E-state index in [1.807, 2.05) is 44.2 Å². The third-order valence-electron chi connectivity index (χ3n) is 3.48. The van der Waals surface area contributed by atoms with Gasteiger partial charge in [-0.2, -0.15) is 0 Å². The summed E-state index contributed by atoms with van der Waals surface area (Å²) in [6, 6.07) is 9.83. The Labute approximate surface area is 175 Å². The van der Waals surface area contributed by atoms with Crippen LogP contribution in [0.3, 0.4) is 0 Å². The van der Waals surface area contributed by atoms with Crippen LogP contribution in [0, 0.1) is 0 Å². The fourth-order valence-electron chi connectivity index (χ4n) is 2.13. The van der Waals surface area contributed by atoms with Crippen molar-refractivity contribution < 1.29 is 13.2 Å². The van der Waals surface area contributed by atoms with Crippen molar-refractivity contribution in [2.75, 3.05) is 31.7 Å². The summed E-state index contributed by atoms with van der Waals surface area (Å²) in [5.41, 5.74) is 0. The Kier molecular flexibility index (Phi) is 13.5. The molecule has 1 rings (SSSR count). The first-order valence-corrected chi connectivity index (χ1v) is 10.9. The summed E-state index contributed by atoms with van der Waals surface area (Å²) in [6.07, 6.45) is 3.69. The zero-order chi connectivity index (χ0) is 18.5. The van der Waals surface area contributed by atoms with Crippen LogP contribution in [0.15, 0.2) is 35.3 Å². The number of sulfone groups is 1. The summed E-state index contributed by atoms with van der Waals surface area (Å²) < 4.78 is 28.1. The van der Waals surface area contributed by atoms with Crippen LogP contribution in [0.25, 0.3) is 0 Å². The maximum absolute atomic E-state index is 11.2. The van der Waals surface area contributed by atoms with E-state index in [0.717, 1.165) is 31.1 Å². The normalized spacial score (nSPS) is 12.8. The van der Waals surface area contributed by atoms with E-state index < -0.39 is 9.84 Å². The molecule has 0 bridgehead atoms. The summed E-state index contributed by atoms with van der Waals surface area (Å²) in [6.45, 7) is 6.11. The molecule has 0 radical (unpaired) electrons. The number of rotatable bonds is 11. The van der Waals surface area contributed by atoms with Gasteiger partial charge in [-0.3, -0.25) is 4.99 Å². The van der Waals surface area contributed by atoms with Crippen LogP contribution in [-0.2, 0) is 9.84 Å². The molecule has 0 spiro atoms. The second-order valence-electron chi connectivity index (χ2n) is 6.09. The lowest BCUT2D eigenvalue weighted by Crippen LogP contribution is -2.42. The number of nitrogens with one attached hydrogen (secondary N) is 2. The molecule has 1 unspecified atom stereocenters. The Morgan fingerprint density at radius 3 is 2.54 bits per heavy atom. The number of guanidine groups is 1. The summed E-state index contributed by atoms with van der Waals surface area (Å²) in [7, 11) is -2.93. The zero-order valence-electron chi connectivity index (χ0n) is 15.9. The lowest BCUT2D eigenvalue weighted by molar-refractivity contribution is 0.308. The number of ether oxygens (including phenoxy) is 1. The first-order chi connectivity index (χ1) is 11.9. The number of unbranched alkanes of at least 4 members (excludes halogenated alkanes) is 1. The third-order valence-corrected chi connectivity index (χ3v) is 4.46. The van der Waals surface area contributed by atoms with Gasteiger partial charge in [-0.05, 0) is 45.2 Å². The minimum absolute atomic E-state index is 0. The van der Waals surface area contributed by atoms with Gasteiger partial charge in [-0.15, -0.1) is 24.0 Å². The van der Waals surface area contributed by atoms with Crippen molar-refractivity contribution in [2.45, 2.75) is 39.2 Å². The molecular formula is C18H32IN3O3S. The number of para-hydroxylation sites is 1. The van der Waals surface area contributed by atoms with Crippen molar-refractivity contribution >= 4 is 39.8 Å². The molecule has 26 heavy (non-hydrogen) atoms. The van der Waals surface area contributed by atoms with Gasteiger partial charge in [0.1, 0.15) is 15.6 Å². The van der Waals surface area contributed by atoms with Gasteiger partial charge in [0.05, 0.1) is 12.4 Å². The van der Waals surface area contributed by atoms with E-state index in [9.17, 15) is 8.42 Å². The molecule has 0 aliphatic rings. The minimum Gasteiger partial charge on any atom is -0.494 e. The lowest BCUT2D eigenvalue weighted by atomic mass is 10.3. The Bertz CT molecular complexity index is 609. The predicted octanol–water partition coefficient (Wildman–Crippen LogP) is 2.84. The quantitative estimate of drug-likeness (QED) is 0.213. The predicted molar refractivity (Wildman–Crippen MR) is 119 cm³/mol. The van der Waals surface area contributed by atoms with E-state index >= 15 is 0 Å². The molecule has 1 aromatic rings. The van der Waals surface area contributed by atoms with Crippen molar-refractivity contribution in [3.8, 4) is 5.75 Å². The maximum atomic E-state index is 11.2. The summed E-state index contributed by atoms with van der Waals surface area (Å²) in [5.74, 6) is 1.80. The number of benzene rings is 1. The number of aliphatic imine (C=N–C) groups is 1. The largest absolute Gasteiger partial charge is 0.494 e. The number of halogens is 1. The SMILES string of the molecule is CCNC(=NCCCCOc1ccccc1)NC(C)CCS(C)(=O)=O.I. The van der Waals surface area contributed by atoms with Crippen LogP contribution in [-0.4, -0.2) is 52.1 Å². The third kappa shape index (κ3) is 13.2. The molecule has 0 aliphatic carbocycles. The van der Waals surface area contributed by atoms with Crippen molar-refractivity contribution in [1.29, 1.82) is 0 Å². The monoisotopic (exact) mass is 497 g/mol. The maximum Gasteiger partial charge on any atom is 0.191 e. The molecule has 0 heterocycles. The van der Waals surface area contributed by atoms with Gasteiger partial charge in [-0.1, -0.05) is 18.2 Å². The highest BCUT2D eigenvalue weighted by Crippen LogP contribution is 2.08. The summed E-state index contributed by atoms with van der Waals surface area (Å²) in [5, 5.41) is 6.44. The van der Waals surface area contributed by atoms with E-state index in [0.29, 0.717) is 19.6 Å². The molecule has 0 aliphatic heterocycles. The van der Waals surface area contributed by atoms with Gasteiger partial charge < -0.3 is 15.4 Å². The summed E-state index contributed by atoms with van der Waals surface area (Å²) >= 11 is 0. The molecule has 8 heteroatoms. The molecule has 1 aromatic carbocycles. The highest BCUT2D eigenvalue weighted by molar-refractivity contribution is 14.0. The molecule has 150 valence electrons. The van der Waals surface area contributed by atoms with Gasteiger partial charge >= 0.3 is 0 Å². The summed E-state index contributed by atoms with van der Waals surface area (Å²) in [4.78, 5) is 4.53. The Balaban J connectivity index is 0.00000625. The van der Waals surface area contributed by atoms with Crippen LogP contribution in [0.4, 0.5) is 0 Å². The fraction of sp³-hybridized carbons (Fsp3) is 0.611. The standard InChI is InChI=1S/C18H31N3O3S.HI/c1-4-19-18(21-16(2)12-15-25(3,22)23)20-13-8-9-14-24-17-10-6-5-7-11-17;/h5-7,10-11,16H,4,8-9,12-15H2,1-3H3,(H2,19,20,21);1H. The molecule has 0 saturated heterocycles. The number of hydrogen-bond acceptors (Lipinski definition) is 4. The highest BCUT2D eigenvalue weighted by Gasteiger charge is 2.09. The molecule has 0 saturated carbocycles. The zero-order valence-corrected chi connectivity index (χ0v) is 19.0. The first-order valence-electron chi connectivity index (χ1n) is 8.81. The Hall–Kier alpha value is -1.03. The van der Waals surface area contributed by atoms with Crippen LogP contribution < -0.4 is 15.4 Å². The highest BCUT2D eigenvalue weighted by atomic mass is 127. The van der Waals surface area contributed by atoms with Crippen LogP contribution >= 0.6 is 24.0 Å². The second kappa shape index (κ2) is 14.1. The van der Waals surface area contributed by atoms with Crippen LogP contribution in [0.5, 0.6) is 5.75 Å². The van der Waals surface area contributed by atoms with E-state index in [4.69, 9.17) is 4.74 Å². The van der Waals surface area contributed by atoms with Gasteiger partial charge in [0.25, 0.3) is 0 Å². The topological polar surface area (TPSA) is 79.8 Å². The molecule has 6 nitrogen and oxygen atoms in total. The fourth-order valence-corrected chi connectivity index (χ4v) is 2.91. The lowest BCUT2D eigenvalue weighted by Gasteiger charge is -2.17. The molecular weight excluding hydrogens is 465 g/mol. The average molecular weight is 497 g/mol. The Morgan fingerprint density at radius 1 is 1.23 bits per heavy atom. The average Bonchev–Trinajstić information content (AvgIpc) is 2.56. The molecule has 1 atom stereocenters. The molecule has 0 fully saturated rings. The van der Waals surface area contributed by atoms with E-state index in [-0.39, 0.29) is 35.8 Å².